The highest BCUT2D eigenvalue weighted by atomic mass is 79.9. The van der Waals surface area contributed by atoms with Gasteiger partial charge in [-0.05, 0) is 62.2 Å². The molecule has 0 fully saturated rings. The predicted molar refractivity (Wildman–Crippen MR) is 149 cm³/mol. The molecule has 0 radical (unpaired) electrons. The van der Waals surface area contributed by atoms with Gasteiger partial charge in [0.2, 0.25) is 11.8 Å². The van der Waals surface area contributed by atoms with Gasteiger partial charge in [-0.15, -0.1) is 0 Å². The van der Waals surface area contributed by atoms with Gasteiger partial charge in [0, 0.05) is 17.1 Å². The second kappa shape index (κ2) is 12.9. The van der Waals surface area contributed by atoms with Crippen molar-refractivity contribution in [3.8, 4) is 0 Å². The van der Waals surface area contributed by atoms with E-state index in [-0.39, 0.29) is 23.4 Å². The Balaban J connectivity index is 1.99. The Morgan fingerprint density at radius 1 is 0.892 bits per heavy atom. The number of rotatable bonds is 11. The van der Waals surface area contributed by atoms with E-state index in [0.717, 1.165) is 20.8 Å². The van der Waals surface area contributed by atoms with E-state index in [1.54, 1.807) is 49.4 Å². The van der Waals surface area contributed by atoms with Crippen molar-refractivity contribution >= 4 is 43.5 Å². The third-order valence-electron chi connectivity index (χ3n) is 6.09. The van der Waals surface area contributed by atoms with Gasteiger partial charge in [-0.25, -0.2) is 8.42 Å². The molecule has 0 heterocycles. The molecule has 2 amide bonds. The topological polar surface area (TPSA) is 86.8 Å². The third-order valence-corrected chi connectivity index (χ3v) is 8.41. The van der Waals surface area contributed by atoms with E-state index in [1.165, 1.54) is 17.0 Å². The Kier molecular flexibility index (Phi) is 9.88. The quantitative estimate of drug-likeness (QED) is 0.344. The van der Waals surface area contributed by atoms with Crippen LogP contribution >= 0.6 is 15.9 Å². The van der Waals surface area contributed by atoms with Gasteiger partial charge in [0.1, 0.15) is 12.6 Å². The molecule has 3 aromatic rings. The Bertz CT molecular complexity index is 1290. The number of carbonyl (C=O) groups excluding carboxylic acids is 2. The lowest BCUT2D eigenvalue weighted by Gasteiger charge is -2.32. The number of benzene rings is 3. The highest BCUT2D eigenvalue weighted by molar-refractivity contribution is 9.10. The summed E-state index contributed by atoms with van der Waals surface area (Å²) in [5, 5.41) is 2.93. The van der Waals surface area contributed by atoms with Crippen LogP contribution in [0.15, 0.2) is 94.3 Å². The van der Waals surface area contributed by atoms with Crippen LogP contribution in [0, 0.1) is 0 Å². The highest BCUT2D eigenvalue weighted by Gasteiger charge is 2.32. The summed E-state index contributed by atoms with van der Waals surface area (Å²) < 4.78 is 29.2. The summed E-state index contributed by atoms with van der Waals surface area (Å²) in [5.74, 6) is -0.780. The highest BCUT2D eigenvalue weighted by Crippen LogP contribution is 2.26. The Hall–Kier alpha value is -3.17. The number of anilines is 1. The van der Waals surface area contributed by atoms with Gasteiger partial charge in [0.15, 0.2) is 0 Å². The third kappa shape index (κ3) is 7.42. The molecule has 7 nitrogen and oxygen atoms in total. The van der Waals surface area contributed by atoms with Crippen LogP contribution in [-0.4, -0.2) is 43.8 Å². The van der Waals surface area contributed by atoms with Gasteiger partial charge < -0.3 is 10.2 Å². The summed E-state index contributed by atoms with van der Waals surface area (Å²) in [4.78, 5) is 28.3. The van der Waals surface area contributed by atoms with Gasteiger partial charge in [0.05, 0.1) is 10.6 Å². The zero-order valence-corrected chi connectivity index (χ0v) is 23.6. The molecule has 3 aromatic carbocycles. The first-order chi connectivity index (χ1) is 17.6. The second-order valence-corrected chi connectivity index (χ2v) is 11.6. The molecule has 1 N–H and O–H groups in total. The molecule has 0 bridgehead atoms. The monoisotopic (exact) mass is 585 g/mol. The Morgan fingerprint density at radius 2 is 1.46 bits per heavy atom. The molecule has 0 aliphatic rings. The first-order valence-corrected chi connectivity index (χ1v) is 14.3. The number of halogens is 1. The molecule has 3 rings (SSSR count). The zero-order valence-electron chi connectivity index (χ0n) is 21.2. The molecule has 9 heteroatoms. The normalized spacial score (nSPS) is 12.9. The van der Waals surface area contributed by atoms with E-state index in [0.29, 0.717) is 5.69 Å². The van der Waals surface area contributed by atoms with Crippen LogP contribution in [0.3, 0.4) is 0 Å². The summed E-state index contributed by atoms with van der Waals surface area (Å²) in [6.45, 7) is 5.22. The number of nitrogens with zero attached hydrogens (tertiary/aromatic N) is 2. The van der Waals surface area contributed by atoms with Crippen LogP contribution in [0.4, 0.5) is 5.69 Å². The molecule has 37 heavy (non-hydrogen) atoms. The maximum absolute atomic E-state index is 13.8. The lowest BCUT2D eigenvalue weighted by molar-refractivity contribution is -0.139. The van der Waals surface area contributed by atoms with E-state index < -0.39 is 28.5 Å². The molecule has 196 valence electrons. The number of hydrogen-bond acceptors (Lipinski definition) is 4. The predicted octanol–water partition coefficient (Wildman–Crippen LogP) is 4.98. The minimum Gasteiger partial charge on any atom is -0.352 e. The standard InChI is InChI=1S/C28H32BrN3O4S/c1-4-21(2)30-28(34)22(3)31(19-23-11-7-5-8-12-23)27(33)20-32(25-17-15-24(29)16-18-25)37(35,36)26-13-9-6-10-14-26/h5-18,21-22H,4,19-20H2,1-3H3,(H,30,34)/t21-,22-/m1/s1. The van der Waals surface area contributed by atoms with Crippen LogP contribution in [0.2, 0.25) is 0 Å². The molecule has 0 spiro atoms. The van der Waals surface area contributed by atoms with E-state index in [4.69, 9.17) is 0 Å². The van der Waals surface area contributed by atoms with Crippen molar-refractivity contribution in [1.29, 1.82) is 0 Å². The van der Waals surface area contributed by atoms with Crippen molar-refractivity contribution in [1.82, 2.24) is 10.2 Å². The molecule has 0 aliphatic carbocycles. The first-order valence-electron chi connectivity index (χ1n) is 12.1. The minimum absolute atomic E-state index is 0.0543. The van der Waals surface area contributed by atoms with Crippen molar-refractivity contribution in [2.75, 3.05) is 10.8 Å². The maximum atomic E-state index is 13.8. The Morgan fingerprint density at radius 3 is 2.03 bits per heavy atom. The lowest BCUT2D eigenvalue weighted by Crippen LogP contribution is -2.52. The fourth-order valence-electron chi connectivity index (χ4n) is 3.68. The number of carbonyl (C=O) groups is 2. The second-order valence-electron chi connectivity index (χ2n) is 8.80. The fourth-order valence-corrected chi connectivity index (χ4v) is 5.38. The van der Waals surface area contributed by atoms with E-state index >= 15 is 0 Å². The van der Waals surface area contributed by atoms with E-state index in [1.807, 2.05) is 44.2 Å². The van der Waals surface area contributed by atoms with Crippen LogP contribution in [0.25, 0.3) is 0 Å². The number of sulfonamides is 1. The van der Waals surface area contributed by atoms with E-state index in [2.05, 4.69) is 21.2 Å². The molecular weight excluding hydrogens is 554 g/mol. The van der Waals surface area contributed by atoms with E-state index in [9.17, 15) is 18.0 Å². The number of amides is 2. The molecule has 0 aromatic heterocycles. The van der Waals surface area contributed by atoms with Crippen LogP contribution in [0.1, 0.15) is 32.8 Å². The maximum Gasteiger partial charge on any atom is 0.264 e. The van der Waals surface area contributed by atoms with Crippen molar-refractivity contribution in [2.45, 2.75) is 50.7 Å². The van der Waals surface area contributed by atoms with Crippen molar-refractivity contribution in [3.63, 3.8) is 0 Å². The van der Waals surface area contributed by atoms with Crippen LogP contribution in [-0.2, 0) is 26.2 Å². The molecule has 0 aliphatic heterocycles. The molecule has 2 atom stereocenters. The van der Waals surface area contributed by atoms with Gasteiger partial charge in [-0.3, -0.25) is 13.9 Å². The fraction of sp³-hybridized carbons (Fsp3) is 0.286. The van der Waals surface area contributed by atoms with Crippen LogP contribution < -0.4 is 9.62 Å². The average molecular weight is 587 g/mol. The average Bonchev–Trinajstić information content (AvgIpc) is 2.91. The lowest BCUT2D eigenvalue weighted by atomic mass is 10.1. The summed E-state index contributed by atoms with van der Waals surface area (Å²) in [6, 6.07) is 23.2. The van der Waals surface area contributed by atoms with Crippen molar-refractivity contribution < 1.29 is 18.0 Å². The molecule has 0 saturated heterocycles. The largest absolute Gasteiger partial charge is 0.352 e. The van der Waals surface area contributed by atoms with Gasteiger partial charge in [-0.1, -0.05) is 71.4 Å². The SMILES string of the molecule is CC[C@@H](C)NC(=O)[C@@H](C)N(Cc1ccccc1)C(=O)CN(c1ccc(Br)cc1)S(=O)(=O)c1ccccc1. The number of hydrogen-bond donors (Lipinski definition) is 1. The zero-order chi connectivity index (χ0) is 27.0. The van der Waals surface area contributed by atoms with Gasteiger partial charge in [0.25, 0.3) is 10.0 Å². The summed E-state index contributed by atoms with van der Waals surface area (Å²) in [6.07, 6.45) is 0.748. The summed E-state index contributed by atoms with van der Waals surface area (Å²) >= 11 is 3.37. The number of nitrogens with one attached hydrogen (secondary N) is 1. The van der Waals surface area contributed by atoms with Gasteiger partial charge >= 0.3 is 0 Å². The van der Waals surface area contributed by atoms with Crippen LogP contribution in [0.5, 0.6) is 0 Å². The molecular formula is C28H32BrN3O4S. The van der Waals surface area contributed by atoms with Crippen molar-refractivity contribution in [2.24, 2.45) is 0 Å². The molecule has 0 unspecified atom stereocenters. The first kappa shape index (κ1) is 28.4. The van der Waals surface area contributed by atoms with Crippen molar-refractivity contribution in [3.05, 3.63) is 95.0 Å². The minimum atomic E-state index is -4.07. The molecule has 0 saturated carbocycles. The summed E-state index contributed by atoms with van der Waals surface area (Å²) in [5.41, 5.74) is 1.18. The summed E-state index contributed by atoms with van der Waals surface area (Å²) in [7, 11) is -4.07. The Labute approximate surface area is 227 Å². The smallest absolute Gasteiger partial charge is 0.264 e. The van der Waals surface area contributed by atoms with Gasteiger partial charge in [-0.2, -0.15) is 0 Å².